The maximum Gasteiger partial charge on any atom is 0.541 e. The van der Waals surface area contributed by atoms with Crippen LogP contribution >= 0.6 is 0 Å². The van der Waals surface area contributed by atoms with Crippen LogP contribution in [-0.2, 0) is 9.59 Å². The Morgan fingerprint density at radius 3 is 2.48 bits per heavy atom. The molecule has 1 unspecified atom stereocenters. The topological polar surface area (TPSA) is 230 Å². The van der Waals surface area contributed by atoms with Gasteiger partial charge in [-0.3, -0.25) is 4.79 Å². The van der Waals surface area contributed by atoms with Crippen molar-refractivity contribution in [1.29, 1.82) is 0 Å². The third kappa shape index (κ3) is 5.98. The standard InChI is InChI=1S/C12H20N6O7/c1-4(20)8(11(22)23)16-12(24)15-6(2-7(14)21)10-17-9(18-25-10)5(13)3-19/h4-6,8,19-20H,2-3,13H2,1H3,(H2,14,21)(H,22,23)(H2,15,16,24)/p+1/t4?,5-,6+,8-/m1/s1. The molecule has 13 nitrogen and oxygen atoms in total. The van der Waals surface area contributed by atoms with Gasteiger partial charge < -0.3 is 41.9 Å². The molecule has 1 aromatic rings. The number of aliphatic hydroxyl groups is 2. The first-order valence-corrected chi connectivity index (χ1v) is 7.14. The predicted molar refractivity (Wildman–Crippen MR) is 80.6 cm³/mol. The summed E-state index contributed by atoms with van der Waals surface area (Å²) in [6, 6.07) is -4.49. The van der Waals surface area contributed by atoms with E-state index in [4.69, 9.17) is 26.2 Å². The molecule has 1 heterocycles. The van der Waals surface area contributed by atoms with E-state index in [1.807, 2.05) is 0 Å². The second kappa shape index (κ2) is 8.91. The molecule has 0 saturated carbocycles. The van der Waals surface area contributed by atoms with Gasteiger partial charge in [0.2, 0.25) is 17.8 Å². The number of urea groups is 1. The molecule has 0 fully saturated rings. The first kappa shape index (κ1) is 20.3. The van der Waals surface area contributed by atoms with Crippen molar-refractivity contribution in [3.05, 3.63) is 11.7 Å². The maximum atomic E-state index is 11.9. The van der Waals surface area contributed by atoms with Gasteiger partial charge in [0.1, 0.15) is 6.04 Å². The molecule has 0 bridgehead atoms. The van der Waals surface area contributed by atoms with Crippen LogP contribution in [0.1, 0.15) is 37.1 Å². The largest absolute Gasteiger partial charge is 0.563 e. The van der Waals surface area contributed by atoms with Crippen molar-refractivity contribution in [1.82, 2.24) is 20.8 Å². The number of carbonyl (C=O) groups excluding carboxylic acids is 3. The fourth-order valence-electron chi connectivity index (χ4n) is 1.77. The maximum absolute atomic E-state index is 11.9. The number of nitrogens with two attached hydrogens (primary N) is 2. The molecule has 0 aromatic carbocycles. The monoisotopic (exact) mass is 361 g/mol. The number of hydrogen-bond donors (Lipinski definition) is 6. The van der Waals surface area contributed by atoms with E-state index in [1.54, 1.807) is 0 Å². The predicted octanol–water partition coefficient (Wildman–Crippen LogP) is -3.72. The lowest BCUT2D eigenvalue weighted by Crippen LogP contribution is -2.52. The van der Waals surface area contributed by atoms with Gasteiger partial charge in [-0.05, 0) is 6.92 Å². The zero-order valence-corrected chi connectivity index (χ0v) is 13.3. The highest BCUT2D eigenvalue weighted by Gasteiger charge is 2.33. The van der Waals surface area contributed by atoms with Crippen molar-refractivity contribution < 1.29 is 34.2 Å². The van der Waals surface area contributed by atoms with Crippen molar-refractivity contribution in [3.63, 3.8) is 0 Å². The minimum Gasteiger partial charge on any atom is -0.563 e. The van der Waals surface area contributed by atoms with Crippen molar-refractivity contribution in [2.75, 3.05) is 6.61 Å². The summed E-state index contributed by atoms with van der Waals surface area (Å²) in [6.07, 6.45) is -1.71. The van der Waals surface area contributed by atoms with Crippen molar-refractivity contribution in [2.24, 2.45) is 11.5 Å². The number of aromatic nitrogens is 2. The van der Waals surface area contributed by atoms with E-state index in [0.717, 1.165) is 0 Å². The van der Waals surface area contributed by atoms with Crippen LogP contribution < -0.4 is 22.1 Å². The van der Waals surface area contributed by atoms with Crippen LogP contribution in [0.15, 0.2) is 4.52 Å². The lowest BCUT2D eigenvalue weighted by Gasteiger charge is -2.17. The summed E-state index contributed by atoms with van der Waals surface area (Å²) >= 11 is 0. The molecular weight excluding hydrogens is 340 g/mol. The van der Waals surface area contributed by atoms with Gasteiger partial charge in [-0.2, -0.15) is 4.98 Å². The third-order valence-corrected chi connectivity index (χ3v) is 3.05. The normalized spacial score (nSPS) is 15.7. The van der Waals surface area contributed by atoms with Crippen LogP contribution in [0.5, 0.6) is 0 Å². The lowest BCUT2D eigenvalue weighted by atomic mass is 10.2. The summed E-state index contributed by atoms with van der Waals surface area (Å²) in [5.74, 6) is -2.23. The zero-order valence-electron chi connectivity index (χ0n) is 13.3. The van der Waals surface area contributed by atoms with Gasteiger partial charge in [0.15, 0.2) is 5.82 Å². The highest BCUT2D eigenvalue weighted by atomic mass is 16.5. The number of rotatable bonds is 9. The van der Waals surface area contributed by atoms with E-state index in [9.17, 15) is 19.5 Å². The number of primary amides is 1. The number of amides is 3. The fraction of sp³-hybridized carbons (Fsp3) is 0.583. The van der Waals surface area contributed by atoms with E-state index < -0.39 is 55.2 Å². The van der Waals surface area contributed by atoms with Gasteiger partial charge in [0.05, 0.1) is 25.2 Å². The first-order chi connectivity index (χ1) is 11.6. The third-order valence-electron chi connectivity index (χ3n) is 3.05. The molecular formula is C12H21N6O7+. The Balaban J connectivity index is 2.89. The quantitative estimate of drug-likeness (QED) is 0.237. The molecule has 4 atom stereocenters. The molecule has 1 rings (SSSR count). The fourth-order valence-corrected chi connectivity index (χ4v) is 1.77. The van der Waals surface area contributed by atoms with Gasteiger partial charge in [0.25, 0.3) is 0 Å². The molecule has 10 N–H and O–H groups in total. The smallest absolute Gasteiger partial charge is 0.541 e. The Hall–Kier alpha value is -2.77. The Labute approximate surface area is 141 Å². The van der Waals surface area contributed by atoms with Gasteiger partial charge in [-0.25, -0.2) is 4.79 Å². The zero-order chi connectivity index (χ0) is 19.1. The number of nitrogens with one attached hydrogen (secondary N) is 2. The molecule has 0 saturated heterocycles. The summed E-state index contributed by atoms with van der Waals surface area (Å²) in [6.45, 7) is 0.772. The molecule has 0 radical (unpaired) electrons. The second-order valence-corrected chi connectivity index (χ2v) is 5.20. The van der Waals surface area contributed by atoms with Crippen LogP contribution in [0, 0.1) is 0 Å². The molecule has 0 aliphatic carbocycles. The van der Waals surface area contributed by atoms with Crippen LogP contribution in [-0.4, -0.2) is 62.1 Å². The van der Waals surface area contributed by atoms with Crippen LogP contribution in [0.2, 0.25) is 0 Å². The van der Waals surface area contributed by atoms with Gasteiger partial charge in [-0.1, -0.05) is 5.16 Å². The minimum absolute atomic E-state index is 0.0441. The van der Waals surface area contributed by atoms with Crippen molar-refractivity contribution in [2.45, 2.75) is 37.6 Å². The van der Waals surface area contributed by atoms with Crippen LogP contribution in [0.3, 0.4) is 0 Å². The highest BCUT2D eigenvalue weighted by molar-refractivity contribution is 5.83. The molecule has 13 heteroatoms. The summed E-state index contributed by atoms with van der Waals surface area (Å²) in [5, 5.41) is 33.2. The summed E-state index contributed by atoms with van der Waals surface area (Å²) in [4.78, 5) is 38.1. The first-order valence-electron chi connectivity index (χ1n) is 7.14. The van der Waals surface area contributed by atoms with E-state index in [0.29, 0.717) is 0 Å². The number of carbonyl (C=O) groups is 3. The average molecular weight is 361 g/mol. The molecule has 1 aromatic heterocycles. The van der Waals surface area contributed by atoms with Crippen molar-refractivity contribution >= 4 is 17.9 Å². The SMILES string of the molecule is CC(O)[C@@H](NC(=O)N[C@@H](CC(N)=O)c1nc([C@H](N)CO)no1)C(=O)[OH2+]. The summed E-state index contributed by atoms with van der Waals surface area (Å²) < 4.78 is 4.90. The number of hydrogen-bond acceptors (Lipinski definition) is 9. The molecule has 140 valence electrons. The molecule has 0 spiro atoms. The van der Waals surface area contributed by atoms with E-state index >= 15 is 0 Å². The second-order valence-electron chi connectivity index (χ2n) is 5.20. The molecule has 3 amide bonds. The Morgan fingerprint density at radius 2 is 2.00 bits per heavy atom. The molecule has 0 aliphatic rings. The van der Waals surface area contributed by atoms with Gasteiger partial charge >= 0.3 is 12.0 Å². The summed E-state index contributed by atoms with van der Waals surface area (Å²) in [7, 11) is 0. The minimum atomic E-state index is -1.46. The number of aliphatic hydroxyl groups excluding tert-OH is 2. The van der Waals surface area contributed by atoms with Crippen LogP contribution in [0.4, 0.5) is 4.79 Å². The number of nitrogens with zero attached hydrogens (tertiary/aromatic N) is 2. The van der Waals surface area contributed by atoms with Crippen molar-refractivity contribution in [3.8, 4) is 0 Å². The highest BCUT2D eigenvalue weighted by Crippen LogP contribution is 2.16. The Morgan fingerprint density at radius 1 is 1.36 bits per heavy atom. The Kier molecular flexibility index (Phi) is 7.22. The lowest BCUT2D eigenvalue weighted by molar-refractivity contribution is -0.141. The van der Waals surface area contributed by atoms with E-state index in [2.05, 4.69) is 20.8 Å². The van der Waals surface area contributed by atoms with Gasteiger partial charge in [0, 0.05) is 4.79 Å². The van der Waals surface area contributed by atoms with E-state index in [1.165, 1.54) is 6.92 Å². The molecule has 25 heavy (non-hydrogen) atoms. The average Bonchev–Trinajstić information content (AvgIpc) is 3.00. The van der Waals surface area contributed by atoms with E-state index in [-0.39, 0.29) is 11.7 Å². The molecule has 0 aliphatic heterocycles. The summed E-state index contributed by atoms with van der Waals surface area (Å²) in [5.41, 5.74) is 10.6. The van der Waals surface area contributed by atoms with Gasteiger partial charge in [-0.15, -0.1) is 0 Å². The van der Waals surface area contributed by atoms with Crippen LogP contribution in [0.25, 0.3) is 0 Å². The Bertz CT molecular complexity index is 619.